The lowest BCUT2D eigenvalue weighted by atomic mass is 10.1. The van der Waals surface area contributed by atoms with Gasteiger partial charge in [-0.05, 0) is 67.4 Å². The second kappa shape index (κ2) is 19.4. The SMILES string of the molecule is CCCCCCN(CCCCCC)CC(=O)[C@H](CC(=O)O)NC(=O)C(CC)n1cccc(NC(=O)c2ccc3ccccc3c2)c1=O. The number of carboxylic acids is 1. The van der Waals surface area contributed by atoms with Gasteiger partial charge in [0.2, 0.25) is 5.91 Å². The van der Waals surface area contributed by atoms with Gasteiger partial charge in [0.25, 0.3) is 11.5 Å². The van der Waals surface area contributed by atoms with Crippen molar-refractivity contribution < 1.29 is 24.3 Å². The molecular formula is C37H50N4O6. The summed E-state index contributed by atoms with van der Waals surface area (Å²) < 4.78 is 1.21. The largest absolute Gasteiger partial charge is 0.481 e. The molecule has 0 bridgehead atoms. The topological polar surface area (TPSA) is 138 Å². The van der Waals surface area contributed by atoms with Crippen molar-refractivity contribution in [3.63, 3.8) is 0 Å². The molecule has 47 heavy (non-hydrogen) atoms. The molecule has 10 heteroatoms. The number of hydrogen-bond donors (Lipinski definition) is 3. The lowest BCUT2D eigenvalue weighted by Gasteiger charge is -2.26. The number of aliphatic carboxylic acids is 1. The number of benzene rings is 2. The Morgan fingerprint density at radius 1 is 0.830 bits per heavy atom. The van der Waals surface area contributed by atoms with Gasteiger partial charge in [-0.3, -0.25) is 28.9 Å². The van der Waals surface area contributed by atoms with Crippen LogP contribution in [0.15, 0.2) is 65.6 Å². The fourth-order valence-corrected chi connectivity index (χ4v) is 5.70. The van der Waals surface area contributed by atoms with Crippen LogP contribution in [0.4, 0.5) is 5.69 Å². The number of carbonyl (C=O) groups excluding carboxylic acids is 3. The summed E-state index contributed by atoms with van der Waals surface area (Å²) in [5, 5.41) is 16.8. The number of nitrogens with one attached hydrogen (secondary N) is 2. The lowest BCUT2D eigenvalue weighted by Crippen LogP contribution is -2.49. The first-order valence-corrected chi connectivity index (χ1v) is 17.0. The standard InChI is InChI=1S/C37H50N4O6/c1-4-7-9-13-21-40(22-14-10-8-5-2)26-33(42)31(25-34(43)44)39-36(46)32(6-3)41-23-15-18-30(37(41)47)38-35(45)29-20-19-27-16-11-12-17-28(27)24-29/h11-12,15-20,23-24,31-32H,4-10,13-14,21-22,25-26H2,1-3H3,(H,38,45)(H,39,46)(H,43,44)/t31-,32?/m0/s1. The molecule has 10 nitrogen and oxygen atoms in total. The molecule has 3 N–H and O–H groups in total. The number of rotatable bonds is 21. The molecule has 254 valence electrons. The molecule has 2 amide bonds. The van der Waals surface area contributed by atoms with Gasteiger partial charge in [0, 0.05) is 11.8 Å². The zero-order valence-electron chi connectivity index (χ0n) is 28.0. The van der Waals surface area contributed by atoms with Crippen molar-refractivity contribution in [2.45, 2.75) is 97.1 Å². The van der Waals surface area contributed by atoms with Crippen LogP contribution in [0, 0.1) is 0 Å². The Morgan fingerprint density at radius 3 is 2.11 bits per heavy atom. The summed E-state index contributed by atoms with van der Waals surface area (Å²) in [5.41, 5.74) is -0.213. The van der Waals surface area contributed by atoms with E-state index >= 15 is 0 Å². The summed E-state index contributed by atoms with van der Waals surface area (Å²) in [7, 11) is 0. The fourth-order valence-electron chi connectivity index (χ4n) is 5.70. The van der Waals surface area contributed by atoms with Crippen molar-refractivity contribution in [2.24, 2.45) is 0 Å². The van der Waals surface area contributed by atoms with Crippen LogP contribution >= 0.6 is 0 Å². The molecule has 0 saturated carbocycles. The number of unbranched alkanes of at least 4 members (excludes halogenated alkanes) is 6. The van der Waals surface area contributed by atoms with Crippen LogP contribution in [0.1, 0.15) is 101 Å². The van der Waals surface area contributed by atoms with E-state index in [-0.39, 0.29) is 24.4 Å². The number of fused-ring (bicyclic) bond motifs is 1. The number of ketones is 1. The van der Waals surface area contributed by atoms with Gasteiger partial charge in [-0.2, -0.15) is 0 Å². The zero-order chi connectivity index (χ0) is 34.2. The second-order valence-electron chi connectivity index (χ2n) is 12.1. The molecule has 0 radical (unpaired) electrons. The van der Waals surface area contributed by atoms with Gasteiger partial charge in [-0.15, -0.1) is 0 Å². The van der Waals surface area contributed by atoms with E-state index in [9.17, 15) is 29.1 Å². The molecule has 2 atom stereocenters. The van der Waals surface area contributed by atoms with Crippen LogP contribution in [0.2, 0.25) is 0 Å². The minimum absolute atomic E-state index is 0.00291. The Hall–Kier alpha value is -4.31. The molecule has 3 aromatic rings. The number of anilines is 1. The van der Waals surface area contributed by atoms with Crippen molar-refractivity contribution >= 4 is 40.0 Å². The average molecular weight is 647 g/mol. The molecule has 0 aliphatic heterocycles. The Balaban J connectivity index is 1.74. The fraction of sp³-hybridized carbons (Fsp3) is 0.486. The van der Waals surface area contributed by atoms with Crippen molar-refractivity contribution in [3.8, 4) is 0 Å². The van der Waals surface area contributed by atoms with Crippen LogP contribution in [0.5, 0.6) is 0 Å². The third-order valence-electron chi connectivity index (χ3n) is 8.38. The first-order valence-electron chi connectivity index (χ1n) is 17.0. The number of aromatic nitrogens is 1. The lowest BCUT2D eigenvalue weighted by molar-refractivity contribution is -0.140. The van der Waals surface area contributed by atoms with Gasteiger partial charge >= 0.3 is 5.97 Å². The maximum Gasteiger partial charge on any atom is 0.305 e. The number of amides is 2. The first kappa shape index (κ1) is 37.2. The summed E-state index contributed by atoms with van der Waals surface area (Å²) >= 11 is 0. The highest BCUT2D eigenvalue weighted by molar-refractivity contribution is 6.06. The molecule has 3 rings (SSSR count). The maximum atomic E-state index is 13.6. The van der Waals surface area contributed by atoms with Gasteiger partial charge < -0.3 is 20.3 Å². The molecule has 0 spiro atoms. The average Bonchev–Trinajstić information content (AvgIpc) is 3.06. The number of pyridine rings is 1. The molecule has 2 aromatic carbocycles. The normalized spacial score (nSPS) is 12.5. The van der Waals surface area contributed by atoms with Crippen LogP contribution in [-0.2, 0) is 14.4 Å². The van der Waals surface area contributed by atoms with Crippen LogP contribution in [0.3, 0.4) is 0 Å². The summed E-state index contributed by atoms with van der Waals surface area (Å²) in [6.07, 6.45) is 9.51. The van der Waals surface area contributed by atoms with Crippen molar-refractivity contribution in [1.82, 2.24) is 14.8 Å². The summed E-state index contributed by atoms with van der Waals surface area (Å²) in [4.78, 5) is 67.4. The second-order valence-corrected chi connectivity index (χ2v) is 12.1. The summed E-state index contributed by atoms with van der Waals surface area (Å²) in [6.45, 7) is 7.51. The molecule has 0 aliphatic carbocycles. The molecule has 1 aromatic heterocycles. The molecular weight excluding hydrogens is 596 g/mol. The highest BCUT2D eigenvalue weighted by atomic mass is 16.4. The van der Waals surface area contributed by atoms with Gasteiger partial charge in [-0.25, -0.2) is 0 Å². The van der Waals surface area contributed by atoms with E-state index in [1.807, 2.05) is 30.3 Å². The minimum Gasteiger partial charge on any atom is -0.481 e. The van der Waals surface area contributed by atoms with E-state index < -0.39 is 41.8 Å². The van der Waals surface area contributed by atoms with E-state index in [0.717, 1.165) is 75.2 Å². The monoisotopic (exact) mass is 646 g/mol. The maximum absolute atomic E-state index is 13.6. The van der Waals surface area contributed by atoms with E-state index in [1.165, 1.54) is 16.8 Å². The van der Waals surface area contributed by atoms with E-state index in [0.29, 0.717) is 5.56 Å². The van der Waals surface area contributed by atoms with Crippen LogP contribution in [-0.4, -0.2) is 63.8 Å². The number of Topliss-reactive ketones (excluding diaryl/α,β-unsaturated/α-hetero) is 1. The van der Waals surface area contributed by atoms with Crippen molar-refractivity contribution in [2.75, 3.05) is 25.0 Å². The highest BCUT2D eigenvalue weighted by Crippen LogP contribution is 2.17. The van der Waals surface area contributed by atoms with E-state index in [4.69, 9.17) is 0 Å². The summed E-state index contributed by atoms with van der Waals surface area (Å²) in [5.74, 6) is -2.68. The third-order valence-corrected chi connectivity index (χ3v) is 8.38. The Kier molecular flexibility index (Phi) is 15.3. The van der Waals surface area contributed by atoms with Crippen LogP contribution in [0.25, 0.3) is 10.8 Å². The molecule has 0 aliphatic rings. The van der Waals surface area contributed by atoms with E-state index in [2.05, 4.69) is 29.4 Å². The van der Waals surface area contributed by atoms with Gasteiger partial charge in [0.05, 0.1) is 19.0 Å². The molecule has 1 unspecified atom stereocenters. The number of hydrogen-bond acceptors (Lipinski definition) is 6. The van der Waals surface area contributed by atoms with Crippen molar-refractivity contribution in [3.05, 3.63) is 76.7 Å². The van der Waals surface area contributed by atoms with E-state index in [1.54, 1.807) is 25.1 Å². The Labute approximate surface area is 277 Å². The van der Waals surface area contributed by atoms with Crippen LogP contribution < -0.4 is 16.2 Å². The van der Waals surface area contributed by atoms with Crippen molar-refractivity contribution in [1.29, 1.82) is 0 Å². The predicted molar refractivity (Wildman–Crippen MR) is 186 cm³/mol. The highest BCUT2D eigenvalue weighted by Gasteiger charge is 2.29. The number of carboxylic acid groups (broad SMARTS) is 1. The minimum atomic E-state index is -1.24. The third kappa shape index (κ3) is 11.5. The Morgan fingerprint density at radius 2 is 1.49 bits per heavy atom. The predicted octanol–water partition coefficient (Wildman–Crippen LogP) is 6.20. The van der Waals surface area contributed by atoms with Gasteiger partial charge in [0.15, 0.2) is 5.78 Å². The number of nitrogens with zero attached hydrogens (tertiary/aromatic N) is 2. The van der Waals surface area contributed by atoms with Gasteiger partial charge in [-0.1, -0.05) is 89.6 Å². The van der Waals surface area contributed by atoms with Gasteiger partial charge in [0.1, 0.15) is 11.7 Å². The molecule has 1 heterocycles. The molecule has 0 saturated heterocycles. The first-order chi connectivity index (χ1) is 22.7. The Bertz CT molecular complexity index is 1540. The smallest absolute Gasteiger partial charge is 0.305 e. The summed E-state index contributed by atoms with van der Waals surface area (Å²) in [6, 6.07) is 13.6. The molecule has 0 fully saturated rings. The zero-order valence-corrected chi connectivity index (χ0v) is 28.0. The quantitative estimate of drug-likeness (QED) is 0.117. The number of carbonyl (C=O) groups is 4.